The van der Waals surface area contributed by atoms with E-state index in [1.165, 1.54) is 24.3 Å². The number of imidazole rings is 1. The third-order valence-electron chi connectivity index (χ3n) is 4.57. The highest BCUT2D eigenvalue weighted by Gasteiger charge is 2.17. The Labute approximate surface area is 171 Å². The summed E-state index contributed by atoms with van der Waals surface area (Å²) in [4.78, 5) is 27.5. The average molecular weight is 402 g/mol. The van der Waals surface area contributed by atoms with E-state index in [4.69, 9.17) is 9.72 Å². The molecule has 0 spiro atoms. The number of carbonyl (C=O) groups excluding carboxylic acids is 1. The second kappa shape index (κ2) is 8.04. The van der Waals surface area contributed by atoms with E-state index in [9.17, 15) is 14.9 Å². The normalized spacial score (nSPS) is 10.7. The lowest BCUT2D eigenvalue weighted by molar-refractivity contribution is -0.384. The molecular formula is C22H18N4O4. The number of aryl methyl sites for hydroxylation is 1. The summed E-state index contributed by atoms with van der Waals surface area (Å²) in [6.07, 6.45) is 1.84. The van der Waals surface area contributed by atoms with Gasteiger partial charge in [0.05, 0.1) is 4.92 Å². The Bertz CT molecular complexity index is 1220. The fourth-order valence-corrected chi connectivity index (χ4v) is 3.10. The topological polar surface area (TPSA) is 98.8 Å². The van der Waals surface area contributed by atoms with Gasteiger partial charge in [-0.15, -0.1) is 0 Å². The van der Waals surface area contributed by atoms with Crippen molar-refractivity contribution in [3.63, 3.8) is 0 Å². The Balaban J connectivity index is 1.57. The van der Waals surface area contributed by atoms with Crippen molar-refractivity contribution in [2.24, 2.45) is 0 Å². The number of carbonyl (C=O) groups is 1. The number of nitrogens with one attached hydrogen (secondary N) is 1. The molecule has 0 unspecified atom stereocenters. The maximum absolute atomic E-state index is 12.6. The lowest BCUT2D eigenvalue weighted by atomic mass is 10.1. The molecule has 4 aromatic rings. The fourth-order valence-electron chi connectivity index (χ4n) is 3.10. The van der Waals surface area contributed by atoms with Crippen LogP contribution in [0.15, 0.2) is 72.9 Å². The van der Waals surface area contributed by atoms with E-state index in [2.05, 4.69) is 5.32 Å². The number of aromatic nitrogens is 2. The zero-order valence-corrected chi connectivity index (χ0v) is 16.1. The molecular weight excluding hydrogens is 384 g/mol. The van der Waals surface area contributed by atoms with Gasteiger partial charge in [-0.2, -0.15) is 0 Å². The number of fused-ring (bicyclic) bond motifs is 1. The van der Waals surface area contributed by atoms with Crippen molar-refractivity contribution < 1.29 is 14.5 Å². The maximum atomic E-state index is 12.6. The molecule has 0 aliphatic rings. The summed E-state index contributed by atoms with van der Waals surface area (Å²) in [5.41, 5.74) is 3.24. The van der Waals surface area contributed by atoms with E-state index >= 15 is 0 Å². The molecule has 2 aromatic heterocycles. The predicted octanol–water partition coefficient (Wildman–Crippen LogP) is 4.24. The van der Waals surface area contributed by atoms with Gasteiger partial charge in [-0.05, 0) is 30.7 Å². The van der Waals surface area contributed by atoms with Gasteiger partial charge in [-0.3, -0.25) is 19.3 Å². The molecule has 0 saturated heterocycles. The largest absolute Gasteiger partial charge is 0.484 e. The predicted molar refractivity (Wildman–Crippen MR) is 113 cm³/mol. The van der Waals surface area contributed by atoms with E-state index < -0.39 is 4.92 Å². The standard InChI is InChI=1S/C22H18N4O4/c1-15-6-5-13-25-21(15)24-20(16-7-3-2-4-8-16)22(25)23-19(27)14-30-18-11-9-17(10-12-18)26(28)29/h2-13H,14H2,1H3,(H,23,27). The number of nitro groups is 1. The second-order valence-electron chi connectivity index (χ2n) is 6.65. The molecule has 0 radical (unpaired) electrons. The highest BCUT2D eigenvalue weighted by molar-refractivity contribution is 5.95. The smallest absolute Gasteiger partial charge is 0.269 e. The van der Waals surface area contributed by atoms with Gasteiger partial charge in [0.1, 0.15) is 22.9 Å². The van der Waals surface area contributed by atoms with Crippen molar-refractivity contribution in [1.82, 2.24) is 9.38 Å². The van der Waals surface area contributed by atoms with Gasteiger partial charge < -0.3 is 10.1 Å². The van der Waals surface area contributed by atoms with Crippen LogP contribution in [0.3, 0.4) is 0 Å². The quantitative estimate of drug-likeness (QED) is 0.384. The molecule has 4 rings (SSSR count). The number of rotatable bonds is 6. The van der Waals surface area contributed by atoms with Crippen molar-refractivity contribution >= 4 is 23.1 Å². The van der Waals surface area contributed by atoms with E-state index in [1.807, 2.05) is 60.0 Å². The molecule has 1 N–H and O–H groups in total. The number of non-ortho nitro benzene ring substituents is 1. The van der Waals surface area contributed by atoms with Crippen molar-refractivity contribution in [3.05, 3.63) is 88.6 Å². The van der Waals surface area contributed by atoms with E-state index in [1.54, 1.807) is 0 Å². The molecule has 150 valence electrons. The number of hydrogen-bond donors (Lipinski definition) is 1. The number of pyridine rings is 1. The molecule has 0 aliphatic heterocycles. The summed E-state index contributed by atoms with van der Waals surface area (Å²) < 4.78 is 7.30. The van der Waals surface area contributed by atoms with Crippen molar-refractivity contribution in [1.29, 1.82) is 0 Å². The van der Waals surface area contributed by atoms with Gasteiger partial charge in [-0.1, -0.05) is 36.4 Å². The van der Waals surface area contributed by atoms with Crippen LogP contribution >= 0.6 is 0 Å². The van der Waals surface area contributed by atoms with Crippen molar-refractivity contribution in [3.8, 4) is 17.0 Å². The lowest BCUT2D eigenvalue weighted by Gasteiger charge is -2.09. The zero-order valence-electron chi connectivity index (χ0n) is 16.1. The van der Waals surface area contributed by atoms with E-state index in [0.717, 1.165) is 16.8 Å². The molecule has 0 aliphatic carbocycles. The summed E-state index contributed by atoms with van der Waals surface area (Å²) >= 11 is 0. The van der Waals surface area contributed by atoms with Crippen LogP contribution in [0.5, 0.6) is 5.75 Å². The Morgan fingerprint density at radius 2 is 1.83 bits per heavy atom. The molecule has 1 amide bonds. The first-order valence-electron chi connectivity index (χ1n) is 9.23. The van der Waals surface area contributed by atoms with Crippen LogP contribution in [0.25, 0.3) is 16.9 Å². The van der Waals surface area contributed by atoms with Crippen molar-refractivity contribution in [2.45, 2.75) is 6.92 Å². The molecule has 2 aromatic carbocycles. The SMILES string of the molecule is Cc1cccn2c(NC(=O)COc3ccc([N+](=O)[O-])cc3)c(-c3ccccc3)nc12. The van der Waals surface area contributed by atoms with Crippen LogP contribution in [0, 0.1) is 17.0 Å². The minimum absolute atomic E-state index is 0.0413. The summed E-state index contributed by atoms with van der Waals surface area (Å²) in [6.45, 7) is 1.71. The number of ether oxygens (including phenoxy) is 1. The van der Waals surface area contributed by atoms with Gasteiger partial charge in [0.2, 0.25) is 0 Å². The van der Waals surface area contributed by atoms with Crippen LogP contribution in [0.4, 0.5) is 11.5 Å². The molecule has 2 heterocycles. The third-order valence-corrected chi connectivity index (χ3v) is 4.57. The van der Waals surface area contributed by atoms with Crippen LogP contribution < -0.4 is 10.1 Å². The molecule has 30 heavy (non-hydrogen) atoms. The highest BCUT2D eigenvalue weighted by atomic mass is 16.6. The van der Waals surface area contributed by atoms with Gasteiger partial charge >= 0.3 is 0 Å². The van der Waals surface area contributed by atoms with Crippen LogP contribution in [0.2, 0.25) is 0 Å². The van der Waals surface area contributed by atoms with E-state index in [0.29, 0.717) is 17.3 Å². The number of amides is 1. The summed E-state index contributed by atoms with van der Waals surface area (Å²) in [5, 5.41) is 13.6. The Hall–Kier alpha value is -4.20. The van der Waals surface area contributed by atoms with Gasteiger partial charge in [-0.25, -0.2) is 4.98 Å². The van der Waals surface area contributed by atoms with Gasteiger partial charge in [0.15, 0.2) is 6.61 Å². The minimum atomic E-state index is -0.492. The monoisotopic (exact) mass is 402 g/mol. The molecule has 8 nitrogen and oxygen atoms in total. The Morgan fingerprint density at radius 1 is 1.10 bits per heavy atom. The van der Waals surface area contributed by atoms with E-state index in [-0.39, 0.29) is 18.2 Å². The lowest BCUT2D eigenvalue weighted by Crippen LogP contribution is -2.21. The summed E-state index contributed by atoms with van der Waals surface area (Å²) in [6, 6.07) is 19.0. The number of anilines is 1. The van der Waals surface area contributed by atoms with Crippen molar-refractivity contribution in [2.75, 3.05) is 11.9 Å². The first-order chi connectivity index (χ1) is 14.5. The average Bonchev–Trinajstić information content (AvgIpc) is 3.13. The number of hydrogen-bond acceptors (Lipinski definition) is 5. The summed E-state index contributed by atoms with van der Waals surface area (Å²) in [7, 11) is 0. The second-order valence-corrected chi connectivity index (χ2v) is 6.65. The first-order valence-corrected chi connectivity index (χ1v) is 9.23. The van der Waals surface area contributed by atoms with Crippen LogP contribution in [-0.2, 0) is 4.79 Å². The molecule has 8 heteroatoms. The molecule has 0 fully saturated rings. The van der Waals surface area contributed by atoms with Gasteiger partial charge in [0, 0.05) is 23.9 Å². The Morgan fingerprint density at radius 3 is 2.53 bits per heavy atom. The number of benzene rings is 2. The third kappa shape index (κ3) is 3.83. The maximum Gasteiger partial charge on any atom is 0.269 e. The molecule has 0 atom stereocenters. The first kappa shape index (κ1) is 19.1. The molecule has 0 saturated carbocycles. The minimum Gasteiger partial charge on any atom is -0.484 e. The number of nitro benzene ring substituents is 1. The van der Waals surface area contributed by atoms with Crippen LogP contribution in [-0.4, -0.2) is 26.8 Å². The zero-order chi connectivity index (χ0) is 21.1. The number of nitrogens with zero attached hydrogens (tertiary/aromatic N) is 3. The summed E-state index contributed by atoms with van der Waals surface area (Å²) in [5.74, 6) is 0.555. The highest BCUT2D eigenvalue weighted by Crippen LogP contribution is 2.29. The Kier molecular flexibility index (Phi) is 5.13. The van der Waals surface area contributed by atoms with Crippen LogP contribution in [0.1, 0.15) is 5.56 Å². The fraction of sp³-hybridized carbons (Fsp3) is 0.0909. The van der Waals surface area contributed by atoms with Gasteiger partial charge in [0.25, 0.3) is 11.6 Å². The molecule has 0 bridgehead atoms.